The van der Waals surface area contributed by atoms with Gasteiger partial charge in [-0.05, 0) is 36.2 Å². The predicted molar refractivity (Wildman–Crippen MR) is 95.2 cm³/mol. The number of H-pyrrole nitrogens is 1. The van der Waals surface area contributed by atoms with Crippen molar-refractivity contribution in [1.29, 1.82) is 0 Å². The maximum atomic E-state index is 13.4. The first-order valence-corrected chi connectivity index (χ1v) is 8.12. The van der Waals surface area contributed by atoms with Crippen LogP contribution >= 0.6 is 0 Å². The van der Waals surface area contributed by atoms with Gasteiger partial charge in [0, 0.05) is 5.69 Å². The molecule has 1 unspecified atom stereocenters. The van der Waals surface area contributed by atoms with E-state index >= 15 is 0 Å². The zero-order valence-corrected chi connectivity index (χ0v) is 14.8. The number of aromatic nitrogens is 4. The highest BCUT2D eigenvalue weighted by atomic mass is 19.1. The summed E-state index contributed by atoms with van der Waals surface area (Å²) in [4.78, 5) is 12.9. The van der Waals surface area contributed by atoms with Crippen LogP contribution in [0, 0.1) is 5.82 Å². The molecule has 0 bridgehead atoms. The largest absolute Gasteiger partial charge is 0.493 e. The summed E-state index contributed by atoms with van der Waals surface area (Å²) in [6.45, 7) is 0. The molecule has 2 aromatic carbocycles. The lowest BCUT2D eigenvalue weighted by Gasteiger charge is -2.17. The van der Waals surface area contributed by atoms with E-state index in [4.69, 9.17) is 9.47 Å². The van der Waals surface area contributed by atoms with Crippen LogP contribution in [0.25, 0.3) is 0 Å². The SMILES string of the molecule is COc1cccc(CC(C(=O)Nc2cccc(F)c2)c2nn[nH]n2)c1OC. The van der Waals surface area contributed by atoms with Crippen molar-refractivity contribution in [2.75, 3.05) is 19.5 Å². The van der Waals surface area contributed by atoms with Crippen LogP contribution in [0.1, 0.15) is 17.3 Å². The van der Waals surface area contributed by atoms with E-state index < -0.39 is 17.6 Å². The van der Waals surface area contributed by atoms with Crippen LogP contribution in [-0.2, 0) is 11.2 Å². The van der Waals surface area contributed by atoms with Crippen LogP contribution in [-0.4, -0.2) is 40.8 Å². The number of hydrogen-bond acceptors (Lipinski definition) is 6. The molecule has 0 aliphatic heterocycles. The fraction of sp³-hybridized carbons (Fsp3) is 0.222. The molecule has 8 nitrogen and oxygen atoms in total. The van der Waals surface area contributed by atoms with E-state index in [1.165, 1.54) is 32.4 Å². The summed E-state index contributed by atoms with van der Waals surface area (Å²) in [6.07, 6.45) is 0.237. The number of anilines is 1. The molecule has 140 valence electrons. The molecule has 0 saturated carbocycles. The average Bonchev–Trinajstić information content (AvgIpc) is 3.20. The van der Waals surface area contributed by atoms with Gasteiger partial charge >= 0.3 is 0 Å². The van der Waals surface area contributed by atoms with Crippen LogP contribution in [0.4, 0.5) is 10.1 Å². The highest BCUT2D eigenvalue weighted by Gasteiger charge is 2.27. The molecule has 1 aromatic heterocycles. The normalized spacial score (nSPS) is 11.7. The van der Waals surface area contributed by atoms with Gasteiger partial charge in [-0.1, -0.05) is 23.4 Å². The second-order valence-corrected chi connectivity index (χ2v) is 5.68. The third-order valence-corrected chi connectivity index (χ3v) is 3.99. The molecule has 9 heteroatoms. The van der Waals surface area contributed by atoms with Crippen molar-refractivity contribution >= 4 is 11.6 Å². The van der Waals surface area contributed by atoms with Crippen molar-refractivity contribution in [3.63, 3.8) is 0 Å². The second-order valence-electron chi connectivity index (χ2n) is 5.68. The van der Waals surface area contributed by atoms with Crippen molar-refractivity contribution in [2.45, 2.75) is 12.3 Å². The van der Waals surface area contributed by atoms with E-state index in [0.717, 1.165) is 5.56 Å². The van der Waals surface area contributed by atoms with Crippen molar-refractivity contribution in [2.24, 2.45) is 0 Å². The zero-order valence-electron chi connectivity index (χ0n) is 14.8. The lowest BCUT2D eigenvalue weighted by atomic mass is 9.96. The summed E-state index contributed by atoms with van der Waals surface area (Å²) in [7, 11) is 3.06. The Hall–Kier alpha value is -3.49. The standard InChI is InChI=1S/C18H18FN5O3/c1-26-15-8-3-5-11(16(15)27-2)9-14(17-21-23-24-22-17)18(25)20-13-7-4-6-12(19)10-13/h3-8,10,14H,9H2,1-2H3,(H,20,25)(H,21,22,23,24). The fourth-order valence-electron chi connectivity index (χ4n) is 2.75. The Bertz CT molecular complexity index is 917. The first kappa shape index (κ1) is 18.3. The number of nitrogens with zero attached hydrogens (tertiary/aromatic N) is 3. The molecular weight excluding hydrogens is 353 g/mol. The van der Waals surface area contributed by atoms with Crippen LogP contribution < -0.4 is 14.8 Å². The molecule has 0 aliphatic rings. The lowest BCUT2D eigenvalue weighted by molar-refractivity contribution is -0.117. The molecule has 0 spiro atoms. The number of halogens is 1. The third-order valence-electron chi connectivity index (χ3n) is 3.99. The number of carbonyl (C=O) groups excluding carboxylic acids is 1. The van der Waals surface area contributed by atoms with E-state index in [-0.39, 0.29) is 12.2 Å². The lowest BCUT2D eigenvalue weighted by Crippen LogP contribution is -2.24. The minimum Gasteiger partial charge on any atom is -0.493 e. The summed E-state index contributed by atoms with van der Waals surface area (Å²) in [5.74, 6) is -0.327. The maximum Gasteiger partial charge on any atom is 0.235 e. The molecule has 0 radical (unpaired) electrons. The van der Waals surface area contributed by atoms with E-state index in [2.05, 4.69) is 25.9 Å². The third kappa shape index (κ3) is 4.20. The van der Waals surface area contributed by atoms with Crippen molar-refractivity contribution < 1.29 is 18.7 Å². The minimum atomic E-state index is -0.770. The average molecular weight is 371 g/mol. The number of para-hydroxylation sites is 1. The van der Waals surface area contributed by atoms with Crippen molar-refractivity contribution in [3.05, 3.63) is 59.7 Å². The van der Waals surface area contributed by atoms with Crippen molar-refractivity contribution in [3.8, 4) is 11.5 Å². The molecule has 0 aliphatic carbocycles. The van der Waals surface area contributed by atoms with E-state index in [9.17, 15) is 9.18 Å². The Balaban J connectivity index is 1.90. The first-order chi connectivity index (χ1) is 13.1. The molecular formula is C18H18FN5O3. The molecule has 2 N–H and O–H groups in total. The molecule has 27 heavy (non-hydrogen) atoms. The van der Waals surface area contributed by atoms with Gasteiger partial charge in [-0.3, -0.25) is 4.79 Å². The number of rotatable bonds is 7. The molecule has 3 aromatic rings. The number of methoxy groups -OCH3 is 2. The highest BCUT2D eigenvalue weighted by molar-refractivity contribution is 5.95. The highest BCUT2D eigenvalue weighted by Crippen LogP contribution is 2.33. The number of hydrogen-bond donors (Lipinski definition) is 2. The molecule has 0 saturated heterocycles. The number of carbonyl (C=O) groups is 1. The van der Waals surface area contributed by atoms with Gasteiger partial charge in [0.15, 0.2) is 17.3 Å². The van der Waals surface area contributed by atoms with Gasteiger partial charge in [0.1, 0.15) is 11.7 Å². The quantitative estimate of drug-likeness (QED) is 0.661. The summed E-state index contributed by atoms with van der Waals surface area (Å²) < 4.78 is 24.1. The van der Waals surface area contributed by atoms with Gasteiger partial charge in [0.2, 0.25) is 5.91 Å². The maximum absolute atomic E-state index is 13.4. The molecule has 1 amide bonds. The molecule has 1 atom stereocenters. The molecule has 0 fully saturated rings. The summed E-state index contributed by atoms with van der Waals surface area (Å²) >= 11 is 0. The van der Waals surface area contributed by atoms with E-state index in [1.54, 1.807) is 18.2 Å². The fourth-order valence-corrected chi connectivity index (χ4v) is 2.75. The Labute approximate surface area is 154 Å². The van der Waals surface area contributed by atoms with Gasteiger partial charge in [0.05, 0.1) is 14.2 Å². The van der Waals surface area contributed by atoms with Gasteiger partial charge in [-0.2, -0.15) is 5.21 Å². The number of aromatic amines is 1. The molecule has 1 heterocycles. The Morgan fingerprint density at radius 2 is 2.04 bits per heavy atom. The van der Waals surface area contributed by atoms with Crippen molar-refractivity contribution in [1.82, 2.24) is 20.6 Å². The molecule has 3 rings (SSSR count). The Morgan fingerprint density at radius 1 is 1.22 bits per heavy atom. The predicted octanol–water partition coefficient (Wildman–Crippen LogP) is 2.32. The Morgan fingerprint density at radius 3 is 2.70 bits per heavy atom. The summed E-state index contributed by atoms with van der Waals surface area (Å²) in [5, 5.41) is 16.4. The topological polar surface area (TPSA) is 102 Å². The van der Waals surface area contributed by atoms with Crippen LogP contribution in [0.15, 0.2) is 42.5 Å². The summed E-state index contributed by atoms with van der Waals surface area (Å²) in [5.41, 5.74) is 1.08. The number of ether oxygens (including phenoxy) is 2. The smallest absolute Gasteiger partial charge is 0.235 e. The zero-order chi connectivity index (χ0) is 19.2. The first-order valence-electron chi connectivity index (χ1n) is 8.12. The van der Waals surface area contributed by atoms with Crippen LogP contribution in [0.5, 0.6) is 11.5 Å². The summed E-state index contributed by atoms with van der Waals surface area (Å²) in [6, 6.07) is 11.0. The number of benzene rings is 2. The van der Waals surface area contributed by atoms with E-state index in [1.807, 2.05) is 6.07 Å². The van der Waals surface area contributed by atoms with Gasteiger partial charge < -0.3 is 14.8 Å². The number of nitrogens with one attached hydrogen (secondary N) is 2. The van der Waals surface area contributed by atoms with Crippen LogP contribution in [0.2, 0.25) is 0 Å². The minimum absolute atomic E-state index is 0.216. The van der Waals surface area contributed by atoms with Gasteiger partial charge in [-0.15, -0.1) is 10.2 Å². The Kier molecular flexibility index (Phi) is 5.60. The second kappa shape index (κ2) is 8.26. The monoisotopic (exact) mass is 371 g/mol. The van der Waals surface area contributed by atoms with Gasteiger partial charge in [-0.25, -0.2) is 4.39 Å². The van der Waals surface area contributed by atoms with E-state index in [0.29, 0.717) is 17.2 Å². The number of tetrazole rings is 1. The van der Waals surface area contributed by atoms with Crippen LogP contribution in [0.3, 0.4) is 0 Å². The van der Waals surface area contributed by atoms with Gasteiger partial charge in [0.25, 0.3) is 0 Å². The number of amides is 1.